The molecule has 0 aliphatic rings. The molecule has 21 heavy (non-hydrogen) atoms. The Morgan fingerprint density at radius 1 is 1.24 bits per heavy atom. The molecule has 9 nitrogen and oxygen atoms in total. The number of H-pyrrole nitrogens is 2. The number of hydrogen-bond acceptors (Lipinski definition) is 6. The van der Waals surface area contributed by atoms with E-state index in [0.717, 1.165) is 5.52 Å². The van der Waals surface area contributed by atoms with Crippen molar-refractivity contribution in [2.24, 2.45) is 0 Å². The molecule has 0 unspecified atom stereocenters. The Labute approximate surface area is 118 Å². The number of fused-ring (bicyclic) bond motifs is 1. The third-order valence-electron chi connectivity index (χ3n) is 2.99. The molecular weight excluding hydrogens is 274 g/mol. The SMILES string of the molecule is O=c1ccn(CCCNc2ncnc3nc[nH]c23)c(=O)[nH]1. The molecule has 3 N–H and O–H groups in total. The van der Waals surface area contributed by atoms with Crippen molar-refractivity contribution in [2.75, 3.05) is 11.9 Å². The average molecular weight is 287 g/mol. The van der Waals surface area contributed by atoms with Gasteiger partial charge < -0.3 is 14.9 Å². The van der Waals surface area contributed by atoms with Crippen molar-refractivity contribution in [3.8, 4) is 0 Å². The maximum absolute atomic E-state index is 11.5. The average Bonchev–Trinajstić information content (AvgIpc) is 2.94. The van der Waals surface area contributed by atoms with Gasteiger partial charge in [-0.1, -0.05) is 0 Å². The molecule has 3 heterocycles. The predicted molar refractivity (Wildman–Crippen MR) is 76.1 cm³/mol. The fourth-order valence-corrected chi connectivity index (χ4v) is 1.98. The van der Waals surface area contributed by atoms with Crippen molar-refractivity contribution in [1.82, 2.24) is 29.5 Å². The van der Waals surface area contributed by atoms with Gasteiger partial charge in [-0.2, -0.15) is 0 Å². The Hall–Kier alpha value is -2.97. The molecule has 0 aliphatic heterocycles. The lowest BCUT2D eigenvalue weighted by Crippen LogP contribution is -2.29. The largest absolute Gasteiger partial charge is 0.368 e. The number of nitrogens with one attached hydrogen (secondary N) is 3. The third-order valence-corrected chi connectivity index (χ3v) is 2.99. The second-order valence-electron chi connectivity index (χ2n) is 4.41. The molecule has 0 spiro atoms. The van der Waals surface area contributed by atoms with Crippen LogP contribution in [-0.2, 0) is 6.54 Å². The van der Waals surface area contributed by atoms with E-state index in [1.807, 2.05) is 0 Å². The molecule has 9 heteroatoms. The third kappa shape index (κ3) is 2.81. The van der Waals surface area contributed by atoms with Crippen molar-refractivity contribution in [3.05, 3.63) is 45.8 Å². The second-order valence-corrected chi connectivity index (χ2v) is 4.41. The summed E-state index contributed by atoms with van der Waals surface area (Å²) in [5.74, 6) is 0.673. The van der Waals surface area contributed by atoms with E-state index in [1.54, 1.807) is 6.33 Å². The van der Waals surface area contributed by atoms with Gasteiger partial charge in [-0.25, -0.2) is 19.7 Å². The number of aryl methyl sites for hydroxylation is 1. The van der Waals surface area contributed by atoms with Crippen LogP contribution in [-0.4, -0.2) is 36.0 Å². The second kappa shape index (κ2) is 5.57. The molecule has 108 valence electrons. The Bertz CT molecular complexity index is 863. The normalized spacial score (nSPS) is 10.9. The highest BCUT2D eigenvalue weighted by atomic mass is 16.2. The van der Waals surface area contributed by atoms with Gasteiger partial charge in [-0.05, 0) is 6.42 Å². The minimum absolute atomic E-state index is 0.392. The number of aromatic nitrogens is 6. The lowest BCUT2D eigenvalue weighted by atomic mass is 10.4. The number of anilines is 1. The fraction of sp³-hybridized carbons (Fsp3) is 0.250. The molecular formula is C12H13N7O2. The van der Waals surface area contributed by atoms with Crippen LogP contribution in [0.2, 0.25) is 0 Å². The molecule has 0 fully saturated rings. The van der Waals surface area contributed by atoms with E-state index in [2.05, 4.69) is 30.2 Å². The Kier molecular flexibility index (Phi) is 3.46. The zero-order valence-corrected chi connectivity index (χ0v) is 11.0. The molecule has 0 aliphatic carbocycles. The lowest BCUT2D eigenvalue weighted by Gasteiger charge is -2.07. The molecule has 0 atom stereocenters. The standard InChI is InChI=1S/C12H13N7O2/c20-8-2-5-19(12(21)18-8)4-1-3-13-10-9-11(15-6-14-9)17-7-16-10/h2,5-7H,1,3-4H2,(H,18,20,21)(H2,13,14,15,16,17). The molecule has 0 radical (unpaired) electrons. The van der Waals surface area contributed by atoms with Gasteiger partial charge in [0.05, 0.1) is 6.33 Å². The lowest BCUT2D eigenvalue weighted by molar-refractivity contribution is 0.619. The molecule has 0 aromatic carbocycles. The van der Waals surface area contributed by atoms with Crippen LogP contribution in [0.3, 0.4) is 0 Å². The number of rotatable bonds is 5. The number of nitrogens with zero attached hydrogens (tertiary/aromatic N) is 4. The summed E-state index contributed by atoms with van der Waals surface area (Å²) in [6.07, 6.45) is 5.19. The highest BCUT2D eigenvalue weighted by Gasteiger charge is 2.04. The minimum Gasteiger partial charge on any atom is -0.368 e. The number of hydrogen-bond donors (Lipinski definition) is 3. The van der Waals surface area contributed by atoms with Crippen LogP contribution in [0, 0.1) is 0 Å². The van der Waals surface area contributed by atoms with Gasteiger partial charge in [0, 0.05) is 25.4 Å². The molecule has 0 amide bonds. The van der Waals surface area contributed by atoms with Gasteiger partial charge in [0.25, 0.3) is 5.56 Å². The van der Waals surface area contributed by atoms with E-state index in [0.29, 0.717) is 31.0 Å². The first kappa shape index (κ1) is 13.0. The topological polar surface area (TPSA) is 121 Å². The number of aromatic amines is 2. The molecule has 3 aromatic rings. The molecule has 3 rings (SSSR count). The van der Waals surface area contributed by atoms with Gasteiger partial charge in [0.15, 0.2) is 11.5 Å². The fourth-order valence-electron chi connectivity index (χ4n) is 1.98. The van der Waals surface area contributed by atoms with Crippen molar-refractivity contribution in [3.63, 3.8) is 0 Å². The van der Waals surface area contributed by atoms with Crippen molar-refractivity contribution >= 4 is 17.0 Å². The predicted octanol–water partition coefficient (Wildman–Crippen LogP) is -0.295. The maximum Gasteiger partial charge on any atom is 0.328 e. The quantitative estimate of drug-likeness (QED) is 0.554. The maximum atomic E-state index is 11.5. The van der Waals surface area contributed by atoms with E-state index in [-0.39, 0.29) is 0 Å². The summed E-state index contributed by atoms with van der Waals surface area (Å²) >= 11 is 0. The highest BCUT2D eigenvalue weighted by Crippen LogP contribution is 2.13. The van der Waals surface area contributed by atoms with Crippen molar-refractivity contribution in [1.29, 1.82) is 0 Å². The molecule has 0 saturated heterocycles. The van der Waals surface area contributed by atoms with E-state index >= 15 is 0 Å². The Balaban J connectivity index is 1.60. The zero-order valence-electron chi connectivity index (χ0n) is 11.0. The van der Waals surface area contributed by atoms with E-state index in [1.165, 1.54) is 23.2 Å². The molecule has 0 saturated carbocycles. The first-order valence-corrected chi connectivity index (χ1v) is 6.42. The zero-order chi connectivity index (χ0) is 14.7. The summed E-state index contributed by atoms with van der Waals surface area (Å²) in [6, 6.07) is 1.33. The van der Waals surface area contributed by atoms with E-state index < -0.39 is 11.2 Å². The monoisotopic (exact) mass is 287 g/mol. The molecule has 3 aromatic heterocycles. The van der Waals surface area contributed by atoms with Crippen LogP contribution in [0.5, 0.6) is 0 Å². The van der Waals surface area contributed by atoms with Crippen LogP contribution < -0.4 is 16.6 Å². The van der Waals surface area contributed by atoms with Crippen LogP contribution in [0.4, 0.5) is 5.82 Å². The summed E-state index contributed by atoms with van der Waals surface area (Å²) in [5.41, 5.74) is 0.556. The summed E-state index contributed by atoms with van der Waals surface area (Å²) in [5, 5.41) is 3.17. The summed E-state index contributed by atoms with van der Waals surface area (Å²) in [6.45, 7) is 1.12. The highest BCUT2D eigenvalue weighted by molar-refractivity contribution is 5.81. The van der Waals surface area contributed by atoms with Gasteiger partial charge in [-0.15, -0.1) is 0 Å². The van der Waals surface area contributed by atoms with Gasteiger partial charge in [-0.3, -0.25) is 9.78 Å². The Morgan fingerprint density at radius 2 is 2.14 bits per heavy atom. The van der Waals surface area contributed by atoms with Gasteiger partial charge in [0.2, 0.25) is 0 Å². The Morgan fingerprint density at radius 3 is 3.00 bits per heavy atom. The summed E-state index contributed by atoms with van der Waals surface area (Å²) < 4.78 is 1.45. The first-order chi connectivity index (χ1) is 10.2. The molecule has 0 bridgehead atoms. The van der Waals surface area contributed by atoms with Crippen molar-refractivity contribution < 1.29 is 0 Å². The smallest absolute Gasteiger partial charge is 0.328 e. The van der Waals surface area contributed by atoms with Crippen LogP contribution >= 0.6 is 0 Å². The number of imidazole rings is 1. The first-order valence-electron chi connectivity index (χ1n) is 6.42. The van der Waals surface area contributed by atoms with E-state index in [4.69, 9.17) is 0 Å². The van der Waals surface area contributed by atoms with Crippen molar-refractivity contribution in [2.45, 2.75) is 13.0 Å². The van der Waals surface area contributed by atoms with Crippen LogP contribution in [0.1, 0.15) is 6.42 Å². The summed E-state index contributed by atoms with van der Waals surface area (Å²) in [7, 11) is 0. The van der Waals surface area contributed by atoms with Gasteiger partial charge in [0.1, 0.15) is 11.8 Å². The van der Waals surface area contributed by atoms with Crippen LogP contribution in [0.25, 0.3) is 11.2 Å². The summed E-state index contributed by atoms with van der Waals surface area (Å²) in [4.78, 5) is 39.9. The van der Waals surface area contributed by atoms with Crippen LogP contribution in [0.15, 0.2) is 34.5 Å². The minimum atomic E-state index is -0.402. The van der Waals surface area contributed by atoms with E-state index in [9.17, 15) is 9.59 Å². The van der Waals surface area contributed by atoms with Gasteiger partial charge >= 0.3 is 5.69 Å².